The van der Waals surface area contributed by atoms with Crippen LogP contribution in [0.5, 0.6) is 11.5 Å². The van der Waals surface area contributed by atoms with Gasteiger partial charge in [-0.2, -0.15) is 0 Å². The van der Waals surface area contributed by atoms with E-state index in [0.29, 0.717) is 36.0 Å². The number of carbonyl (C=O) groups excluding carboxylic acids is 2. The molecule has 0 fully saturated rings. The normalized spacial score (nSPS) is 10.6. The second-order valence-electron chi connectivity index (χ2n) is 6.44. The van der Waals surface area contributed by atoms with Crippen LogP contribution in [0.4, 0.5) is 5.82 Å². The summed E-state index contributed by atoms with van der Waals surface area (Å²) >= 11 is 0. The van der Waals surface area contributed by atoms with Crippen LogP contribution in [0.15, 0.2) is 42.6 Å². The second-order valence-corrected chi connectivity index (χ2v) is 6.44. The van der Waals surface area contributed by atoms with Gasteiger partial charge in [-0.15, -0.1) is 0 Å². The number of nitrogens with one attached hydrogen (secondary N) is 2. The van der Waals surface area contributed by atoms with Gasteiger partial charge in [-0.3, -0.25) is 9.59 Å². The largest absolute Gasteiger partial charge is 0.496 e. The van der Waals surface area contributed by atoms with E-state index in [1.165, 1.54) is 0 Å². The molecule has 0 aliphatic rings. The van der Waals surface area contributed by atoms with Crippen LogP contribution >= 0.6 is 0 Å². The molecule has 2 heterocycles. The van der Waals surface area contributed by atoms with Crippen molar-refractivity contribution < 1.29 is 19.1 Å². The van der Waals surface area contributed by atoms with Crippen LogP contribution in [-0.4, -0.2) is 42.1 Å². The van der Waals surface area contributed by atoms with E-state index in [-0.39, 0.29) is 18.2 Å². The lowest BCUT2D eigenvalue weighted by Gasteiger charge is -2.09. The lowest BCUT2D eigenvalue weighted by molar-refractivity contribution is -0.116. The summed E-state index contributed by atoms with van der Waals surface area (Å²) in [5, 5.41) is 6.38. The maximum Gasteiger partial charge on any atom is 0.267 e. The summed E-state index contributed by atoms with van der Waals surface area (Å²) in [5.74, 6) is 1.48. The Labute approximate surface area is 168 Å². The summed E-state index contributed by atoms with van der Waals surface area (Å²) in [5.41, 5.74) is 1.27. The van der Waals surface area contributed by atoms with E-state index in [1.807, 2.05) is 12.1 Å². The number of hydrogen-bond acceptors (Lipinski definition) is 5. The molecule has 0 atom stereocenters. The van der Waals surface area contributed by atoms with E-state index >= 15 is 0 Å². The summed E-state index contributed by atoms with van der Waals surface area (Å²) in [6, 6.07) is 10.7. The average Bonchev–Trinajstić information content (AvgIpc) is 3.09. The third-order valence-corrected chi connectivity index (χ3v) is 4.59. The molecule has 152 valence electrons. The minimum atomic E-state index is -0.224. The van der Waals surface area contributed by atoms with Crippen LogP contribution in [0.25, 0.3) is 10.9 Å². The lowest BCUT2D eigenvalue weighted by atomic mass is 10.2. The number of benzene rings is 1. The molecule has 2 N–H and O–H groups in total. The summed E-state index contributed by atoms with van der Waals surface area (Å²) in [4.78, 5) is 28.6. The van der Waals surface area contributed by atoms with E-state index in [4.69, 9.17) is 9.47 Å². The minimum Gasteiger partial charge on any atom is -0.496 e. The minimum absolute atomic E-state index is 0.142. The van der Waals surface area contributed by atoms with Crippen molar-refractivity contribution in [2.75, 3.05) is 26.1 Å². The van der Waals surface area contributed by atoms with E-state index in [9.17, 15) is 9.59 Å². The molecule has 0 bridgehead atoms. The molecule has 0 saturated carbocycles. The lowest BCUT2D eigenvalue weighted by Crippen LogP contribution is -2.27. The third-order valence-electron chi connectivity index (χ3n) is 4.59. The van der Waals surface area contributed by atoms with Gasteiger partial charge in [-0.05, 0) is 36.8 Å². The van der Waals surface area contributed by atoms with Gasteiger partial charge in [0, 0.05) is 31.6 Å². The first kappa shape index (κ1) is 20.2. The first-order valence-corrected chi connectivity index (χ1v) is 9.24. The van der Waals surface area contributed by atoms with Gasteiger partial charge in [-0.1, -0.05) is 6.07 Å². The molecule has 1 aromatic carbocycles. The van der Waals surface area contributed by atoms with Crippen molar-refractivity contribution in [2.45, 2.75) is 12.8 Å². The van der Waals surface area contributed by atoms with Gasteiger partial charge in [0.05, 0.1) is 19.7 Å². The molecule has 0 aliphatic heterocycles. The number of methoxy groups -OCH3 is 2. The SMILES string of the molecule is COc1ccc(OC)c2c1cc(C(=O)NCCCC(=O)Nc1ccccn1)n2C. The third kappa shape index (κ3) is 4.48. The van der Waals surface area contributed by atoms with Crippen LogP contribution in [-0.2, 0) is 11.8 Å². The van der Waals surface area contributed by atoms with Crippen molar-refractivity contribution in [1.29, 1.82) is 0 Å². The van der Waals surface area contributed by atoms with Gasteiger partial charge in [-0.25, -0.2) is 4.98 Å². The number of aryl methyl sites for hydroxylation is 1. The van der Waals surface area contributed by atoms with Gasteiger partial charge in [0.2, 0.25) is 5.91 Å². The number of hydrogen-bond donors (Lipinski definition) is 2. The molecule has 8 heteroatoms. The van der Waals surface area contributed by atoms with Gasteiger partial charge in [0.25, 0.3) is 5.91 Å². The predicted octanol–water partition coefficient (Wildman–Crippen LogP) is 2.74. The molecule has 3 rings (SSSR count). The molecule has 8 nitrogen and oxygen atoms in total. The first-order valence-electron chi connectivity index (χ1n) is 9.24. The molecule has 2 aromatic heterocycles. The summed E-state index contributed by atoms with van der Waals surface area (Å²) in [6.07, 6.45) is 2.41. The molecule has 0 radical (unpaired) electrons. The zero-order valence-corrected chi connectivity index (χ0v) is 16.7. The molecule has 0 aliphatic carbocycles. The summed E-state index contributed by atoms with van der Waals surface area (Å²) in [7, 11) is 4.98. The molecular formula is C21H24N4O4. The van der Waals surface area contributed by atoms with Crippen LogP contribution in [0, 0.1) is 0 Å². The Bertz CT molecular complexity index is 1010. The van der Waals surface area contributed by atoms with Crippen molar-refractivity contribution in [3.8, 4) is 11.5 Å². The van der Waals surface area contributed by atoms with Crippen LogP contribution in [0.1, 0.15) is 23.3 Å². The van der Waals surface area contributed by atoms with E-state index < -0.39 is 0 Å². The van der Waals surface area contributed by atoms with Crippen molar-refractivity contribution in [1.82, 2.24) is 14.9 Å². The standard InChI is InChI=1S/C21H24N4O4/c1-25-15(13-14-16(28-2)9-10-17(29-3)20(14)25)21(27)23-12-6-8-19(26)24-18-7-4-5-11-22-18/h4-5,7,9-11,13H,6,8,12H2,1-3H3,(H,23,27)(H,22,24,26). The number of amides is 2. The summed E-state index contributed by atoms with van der Waals surface area (Å²) in [6.45, 7) is 0.379. The highest BCUT2D eigenvalue weighted by Gasteiger charge is 2.18. The molecule has 0 saturated heterocycles. The van der Waals surface area contributed by atoms with Crippen LogP contribution in [0.2, 0.25) is 0 Å². The number of ether oxygens (including phenoxy) is 2. The van der Waals surface area contributed by atoms with Crippen LogP contribution in [0.3, 0.4) is 0 Å². The quantitative estimate of drug-likeness (QED) is 0.571. The number of nitrogens with zero attached hydrogens (tertiary/aromatic N) is 2. The number of carbonyl (C=O) groups is 2. The highest BCUT2D eigenvalue weighted by molar-refractivity contribution is 6.02. The van der Waals surface area contributed by atoms with Gasteiger partial charge >= 0.3 is 0 Å². The van der Waals surface area contributed by atoms with Crippen molar-refractivity contribution in [3.63, 3.8) is 0 Å². The fraction of sp³-hybridized carbons (Fsp3) is 0.286. The Kier molecular flexibility index (Phi) is 6.33. The predicted molar refractivity (Wildman–Crippen MR) is 110 cm³/mol. The average molecular weight is 396 g/mol. The Balaban J connectivity index is 1.60. The summed E-state index contributed by atoms with van der Waals surface area (Å²) < 4.78 is 12.6. The number of aromatic nitrogens is 2. The maximum absolute atomic E-state index is 12.6. The monoisotopic (exact) mass is 396 g/mol. The Morgan fingerprint density at radius 1 is 1.10 bits per heavy atom. The smallest absolute Gasteiger partial charge is 0.267 e. The Hall–Kier alpha value is -3.55. The fourth-order valence-corrected chi connectivity index (χ4v) is 3.15. The van der Waals surface area contributed by atoms with Crippen molar-refractivity contribution in [2.24, 2.45) is 7.05 Å². The fourth-order valence-electron chi connectivity index (χ4n) is 3.15. The molecule has 0 unspecified atom stereocenters. The highest BCUT2D eigenvalue weighted by Crippen LogP contribution is 2.35. The zero-order chi connectivity index (χ0) is 20.8. The van der Waals surface area contributed by atoms with Gasteiger partial charge in [0.1, 0.15) is 23.0 Å². The topological polar surface area (TPSA) is 94.5 Å². The number of rotatable bonds is 8. The first-order chi connectivity index (χ1) is 14.0. The van der Waals surface area contributed by atoms with Gasteiger partial charge in [0.15, 0.2) is 0 Å². The maximum atomic E-state index is 12.6. The molecular weight excluding hydrogens is 372 g/mol. The molecule has 0 spiro atoms. The second kappa shape index (κ2) is 9.09. The number of anilines is 1. The number of fused-ring (bicyclic) bond motifs is 1. The van der Waals surface area contributed by atoms with Crippen molar-refractivity contribution >= 4 is 28.5 Å². The Morgan fingerprint density at radius 2 is 1.86 bits per heavy atom. The van der Waals surface area contributed by atoms with Crippen LogP contribution < -0.4 is 20.1 Å². The highest BCUT2D eigenvalue weighted by atomic mass is 16.5. The van der Waals surface area contributed by atoms with E-state index in [2.05, 4.69) is 15.6 Å². The molecule has 2 amide bonds. The van der Waals surface area contributed by atoms with Crippen molar-refractivity contribution in [3.05, 3.63) is 48.3 Å². The Morgan fingerprint density at radius 3 is 2.55 bits per heavy atom. The number of pyridine rings is 1. The molecule has 29 heavy (non-hydrogen) atoms. The van der Waals surface area contributed by atoms with Gasteiger partial charge < -0.3 is 24.7 Å². The van der Waals surface area contributed by atoms with E-state index in [1.54, 1.807) is 56.3 Å². The van der Waals surface area contributed by atoms with E-state index in [0.717, 1.165) is 10.9 Å². The zero-order valence-electron chi connectivity index (χ0n) is 16.7. The molecule has 3 aromatic rings.